The first-order chi connectivity index (χ1) is 14.2. The number of benzene rings is 2. The smallest absolute Gasteiger partial charge is 0.225 e. The highest BCUT2D eigenvalue weighted by atomic mass is 16.3. The van der Waals surface area contributed by atoms with Gasteiger partial charge in [-0.1, -0.05) is 36.4 Å². The Kier molecular flexibility index (Phi) is 5.17. The first kappa shape index (κ1) is 18.5. The van der Waals surface area contributed by atoms with E-state index in [2.05, 4.69) is 57.2 Å². The minimum atomic E-state index is -0.0995. The summed E-state index contributed by atoms with van der Waals surface area (Å²) in [4.78, 5) is 14.3. The van der Waals surface area contributed by atoms with Crippen LogP contribution in [0.3, 0.4) is 0 Å². The summed E-state index contributed by atoms with van der Waals surface area (Å²) in [5, 5.41) is 12.2. The monoisotopic (exact) mass is 388 g/mol. The molecule has 0 aliphatic carbocycles. The van der Waals surface area contributed by atoms with Gasteiger partial charge in [0.25, 0.3) is 0 Å². The molecule has 2 fully saturated rings. The lowest BCUT2D eigenvalue weighted by atomic mass is 10.0. The molecule has 1 atom stereocenters. The van der Waals surface area contributed by atoms with Gasteiger partial charge in [-0.05, 0) is 48.1 Å². The minimum absolute atomic E-state index is 0.0995. The van der Waals surface area contributed by atoms with Gasteiger partial charge in [0.05, 0.1) is 11.8 Å². The molecule has 5 nitrogen and oxygen atoms in total. The highest BCUT2D eigenvalue weighted by Crippen LogP contribution is 2.27. The van der Waals surface area contributed by atoms with Gasteiger partial charge in [-0.15, -0.1) is 0 Å². The molecule has 1 N–H and O–H groups in total. The molecule has 0 saturated carbocycles. The molecular weight excluding hydrogens is 360 g/mol. The number of anilines is 1. The highest BCUT2D eigenvalue weighted by Gasteiger charge is 2.27. The molecule has 2 aliphatic rings. The summed E-state index contributed by atoms with van der Waals surface area (Å²) in [5.41, 5.74) is 2.11. The number of aromatic nitrogens is 2. The Balaban J connectivity index is 1.28. The zero-order valence-electron chi connectivity index (χ0n) is 16.7. The van der Waals surface area contributed by atoms with Gasteiger partial charge in [-0.25, -0.2) is 9.97 Å². The number of hydrogen-bond acceptors (Lipinski definition) is 5. The predicted octanol–water partition coefficient (Wildman–Crippen LogP) is 3.58. The third kappa shape index (κ3) is 4.11. The zero-order valence-corrected chi connectivity index (χ0v) is 16.7. The largest absolute Gasteiger partial charge is 0.393 e. The summed E-state index contributed by atoms with van der Waals surface area (Å²) in [6, 6.07) is 16.9. The van der Waals surface area contributed by atoms with Crippen LogP contribution in [-0.2, 0) is 0 Å². The van der Waals surface area contributed by atoms with E-state index in [9.17, 15) is 5.11 Å². The van der Waals surface area contributed by atoms with E-state index in [0.717, 1.165) is 62.8 Å². The number of nitrogens with zero attached hydrogens (tertiary/aromatic N) is 4. The molecule has 1 aromatic heterocycles. The van der Waals surface area contributed by atoms with Crippen molar-refractivity contribution in [2.45, 2.75) is 25.4 Å². The van der Waals surface area contributed by atoms with Crippen molar-refractivity contribution in [3.8, 4) is 11.3 Å². The van der Waals surface area contributed by atoms with Gasteiger partial charge in [0, 0.05) is 44.5 Å². The van der Waals surface area contributed by atoms with Crippen LogP contribution in [-0.4, -0.2) is 58.8 Å². The van der Waals surface area contributed by atoms with Crippen molar-refractivity contribution >= 4 is 16.7 Å². The molecule has 2 saturated heterocycles. The molecule has 0 radical (unpaired) electrons. The fraction of sp³-hybridized carbons (Fsp3) is 0.417. The van der Waals surface area contributed by atoms with Crippen molar-refractivity contribution in [1.82, 2.24) is 14.9 Å². The van der Waals surface area contributed by atoms with Crippen LogP contribution in [0.2, 0.25) is 0 Å². The van der Waals surface area contributed by atoms with Crippen molar-refractivity contribution in [3.63, 3.8) is 0 Å². The maximum absolute atomic E-state index is 9.71. The van der Waals surface area contributed by atoms with Crippen LogP contribution in [0.4, 0.5) is 5.95 Å². The molecule has 5 heteroatoms. The molecule has 29 heavy (non-hydrogen) atoms. The van der Waals surface area contributed by atoms with Gasteiger partial charge < -0.3 is 14.9 Å². The predicted molar refractivity (Wildman–Crippen MR) is 117 cm³/mol. The van der Waals surface area contributed by atoms with Gasteiger partial charge in [0.2, 0.25) is 5.95 Å². The van der Waals surface area contributed by atoms with Crippen LogP contribution in [0.25, 0.3) is 22.0 Å². The van der Waals surface area contributed by atoms with Crippen molar-refractivity contribution in [2.75, 3.05) is 37.6 Å². The second-order valence-electron chi connectivity index (χ2n) is 8.44. The molecule has 0 amide bonds. The Morgan fingerprint density at radius 1 is 0.931 bits per heavy atom. The third-order valence-corrected chi connectivity index (χ3v) is 6.33. The Morgan fingerprint density at radius 3 is 2.62 bits per heavy atom. The average molecular weight is 389 g/mol. The summed E-state index contributed by atoms with van der Waals surface area (Å²) in [7, 11) is 0. The molecule has 150 valence electrons. The molecule has 0 bridgehead atoms. The van der Waals surface area contributed by atoms with Crippen LogP contribution < -0.4 is 4.90 Å². The van der Waals surface area contributed by atoms with Crippen LogP contribution in [0.15, 0.2) is 54.7 Å². The summed E-state index contributed by atoms with van der Waals surface area (Å²) >= 11 is 0. The quantitative estimate of drug-likeness (QED) is 0.740. The van der Waals surface area contributed by atoms with Gasteiger partial charge in [-0.3, -0.25) is 0 Å². The van der Waals surface area contributed by atoms with E-state index in [0.29, 0.717) is 5.92 Å². The minimum Gasteiger partial charge on any atom is -0.393 e. The van der Waals surface area contributed by atoms with Crippen molar-refractivity contribution in [2.24, 2.45) is 5.92 Å². The maximum atomic E-state index is 9.71. The molecular formula is C24H28N4O. The van der Waals surface area contributed by atoms with Crippen molar-refractivity contribution in [1.29, 1.82) is 0 Å². The normalized spacial score (nSPS) is 21.1. The fourth-order valence-electron chi connectivity index (χ4n) is 4.64. The number of piperidine rings is 1. The molecule has 2 aromatic carbocycles. The molecule has 2 aliphatic heterocycles. The number of likely N-dealkylation sites (tertiary alicyclic amines) is 1. The SMILES string of the molecule is OC1CCN(CC2CCN(c3nccc(-c4ccc5ccccc5c4)n3)C2)CC1. The van der Waals surface area contributed by atoms with Crippen molar-refractivity contribution in [3.05, 3.63) is 54.7 Å². The average Bonchev–Trinajstić information content (AvgIpc) is 3.24. The Hall–Kier alpha value is -2.50. The Morgan fingerprint density at radius 2 is 1.76 bits per heavy atom. The summed E-state index contributed by atoms with van der Waals surface area (Å²) in [6.07, 6.45) is 4.78. The number of fused-ring (bicyclic) bond motifs is 1. The molecule has 3 heterocycles. The standard InChI is InChI=1S/C24H28N4O/c29-22-9-12-27(13-10-22)16-18-8-14-28(17-18)24-25-11-7-23(26-24)21-6-5-19-3-1-2-4-20(19)15-21/h1-7,11,15,18,22,29H,8-10,12-14,16-17H2. The van der Waals surface area contributed by atoms with Crippen LogP contribution >= 0.6 is 0 Å². The second-order valence-corrected chi connectivity index (χ2v) is 8.44. The fourth-order valence-corrected chi connectivity index (χ4v) is 4.64. The van der Waals surface area contributed by atoms with E-state index in [4.69, 9.17) is 4.98 Å². The molecule has 5 rings (SSSR count). The lowest BCUT2D eigenvalue weighted by Gasteiger charge is -2.31. The Labute approximate surface area is 172 Å². The van der Waals surface area contributed by atoms with E-state index in [1.54, 1.807) is 0 Å². The van der Waals surface area contributed by atoms with E-state index < -0.39 is 0 Å². The van der Waals surface area contributed by atoms with Gasteiger partial charge in [0.15, 0.2) is 0 Å². The van der Waals surface area contributed by atoms with E-state index in [1.807, 2.05) is 12.3 Å². The third-order valence-electron chi connectivity index (χ3n) is 6.33. The molecule has 0 spiro atoms. The lowest BCUT2D eigenvalue weighted by Crippen LogP contribution is -2.39. The summed E-state index contributed by atoms with van der Waals surface area (Å²) in [6.45, 7) is 5.19. The Bertz CT molecular complexity index is 983. The van der Waals surface area contributed by atoms with Gasteiger partial charge >= 0.3 is 0 Å². The van der Waals surface area contributed by atoms with Gasteiger partial charge in [0.1, 0.15) is 0 Å². The van der Waals surface area contributed by atoms with Crippen LogP contribution in [0, 0.1) is 5.92 Å². The summed E-state index contributed by atoms with van der Waals surface area (Å²) < 4.78 is 0. The van der Waals surface area contributed by atoms with Crippen molar-refractivity contribution < 1.29 is 5.11 Å². The number of rotatable bonds is 4. The van der Waals surface area contributed by atoms with E-state index in [1.165, 1.54) is 17.2 Å². The topological polar surface area (TPSA) is 52.5 Å². The number of hydrogen-bond donors (Lipinski definition) is 1. The van der Waals surface area contributed by atoms with E-state index >= 15 is 0 Å². The molecule has 3 aromatic rings. The number of aliphatic hydroxyl groups excluding tert-OH is 1. The van der Waals surface area contributed by atoms with Gasteiger partial charge in [-0.2, -0.15) is 0 Å². The van der Waals surface area contributed by atoms with E-state index in [-0.39, 0.29) is 6.10 Å². The van der Waals surface area contributed by atoms with Crippen LogP contribution in [0.1, 0.15) is 19.3 Å². The first-order valence-electron chi connectivity index (χ1n) is 10.7. The highest BCUT2D eigenvalue weighted by molar-refractivity contribution is 5.86. The van der Waals surface area contributed by atoms with Crippen LogP contribution in [0.5, 0.6) is 0 Å². The second kappa shape index (κ2) is 8.09. The summed E-state index contributed by atoms with van der Waals surface area (Å²) in [5.74, 6) is 1.49. The first-order valence-corrected chi connectivity index (χ1v) is 10.7. The molecule has 1 unspecified atom stereocenters. The maximum Gasteiger partial charge on any atom is 0.225 e. The lowest BCUT2D eigenvalue weighted by molar-refractivity contribution is 0.0762. The number of aliphatic hydroxyl groups is 1. The zero-order chi connectivity index (χ0) is 19.6.